The number of fused-ring (bicyclic) bond motifs is 6. The van der Waals surface area contributed by atoms with Crippen LogP contribution in [0.25, 0.3) is 11.3 Å². The molecule has 0 radical (unpaired) electrons. The van der Waals surface area contributed by atoms with Crippen LogP contribution in [0.1, 0.15) is 78.8 Å². The third-order valence-corrected chi connectivity index (χ3v) is 11.3. The fourth-order valence-electron chi connectivity index (χ4n) is 7.54. The number of halogens is 3. The summed E-state index contributed by atoms with van der Waals surface area (Å²) in [6.45, 7) is 9.54. The van der Waals surface area contributed by atoms with Gasteiger partial charge in [-0.05, 0) is 30.7 Å². The standard InChI is InChI=1S/C26H27Cl2N7O4.C13H14ClN3O2/c1-15(2)25-31-26(39-32-25)23-22-17(29-20-13-16(27)5-7-34(20)22)6-8-35(23)21(36)14-38-18-3-4-19(30-24(18)28)33-9-11-37-12-10-33;1-2-7-8(14)4-6-17-11-9(16-12(7)17)3-5-15-10(11)13(18)19/h3-5,7,13,15,23H,6,8-12,14H2,1-2H3;4,6,10,15H,2-3,5H2,1H3,(H,18,19). The first-order chi connectivity index (χ1) is 28.0. The van der Waals surface area contributed by atoms with Gasteiger partial charge in [0.25, 0.3) is 11.8 Å². The van der Waals surface area contributed by atoms with Crippen LogP contribution >= 0.6 is 34.8 Å². The Morgan fingerprint density at radius 2 is 1.74 bits per heavy atom. The first-order valence-corrected chi connectivity index (χ1v) is 20.2. The molecule has 0 spiro atoms. The number of morpholine rings is 1. The number of aliphatic carboxylic acids is 1. The highest BCUT2D eigenvalue weighted by Crippen LogP contribution is 2.37. The molecule has 19 heteroatoms. The molecule has 304 valence electrons. The Labute approximate surface area is 348 Å². The largest absolute Gasteiger partial charge is 0.481 e. The summed E-state index contributed by atoms with van der Waals surface area (Å²) in [5.41, 5.74) is 5.63. The molecule has 1 fully saturated rings. The minimum Gasteiger partial charge on any atom is -0.481 e. The molecule has 6 aromatic heterocycles. The number of aromatic nitrogens is 7. The molecule has 58 heavy (non-hydrogen) atoms. The van der Waals surface area contributed by atoms with Gasteiger partial charge in [-0.2, -0.15) is 4.98 Å². The van der Waals surface area contributed by atoms with Gasteiger partial charge in [-0.1, -0.05) is 60.7 Å². The van der Waals surface area contributed by atoms with E-state index >= 15 is 0 Å². The fourth-order valence-corrected chi connectivity index (χ4v) is 8.17. The van der Waals surface area contributed by atoms with Crippen molar-refractivity contribution in [3.8, 4) is 5.75 Å². The Kier molecular flexibility index (Phi) is 11.5. The number of ether oxygens (including phenoxy) is 2. The second-order valence-corrected chi connectivity index (χ2v) is 15.6. The van der Waals surface area contributed by atoms with Crippen molar-refractivity contribution >= 4 is 63.8 Å². The second kappa shape index (κ2) is 16.7. The number of nitrogens with zero attached hydrogens (tertiary/aromatic N) is 9. The van der Waals surface area contributed by atoms with Crippen molar-refractivity contribution in [1.29, 1.82) is 0 Å². The maximum Gasteiger partial charge on any atom is 0.326 e. The highest BCUT2D eigenvalue weighted by molar-refractivity contribution is 6.32. The summed E-state index contributed by atoms with van der Waals surface area (Å²) in [7, 11) is 0. The lowest BCUT2D eigenvalue weighted by atomic mass is 10.0. The average molecular weight is 852 g/mol. The quantitative estimate of drug-likeness (QED) is 0.177. The van der Waals surface area contributed by atoms with Gasteiger partial charge in [-0.25, -0.2) is 15.0 Å². The van der Waals surface area contributed by atoms with E-state index in [4.69, 9.17) is 53.8 Å². The van der Waals surface area contributed by atoms with E-state index in [0.29, 0.717) is 65.9 Å². The summed E-state index contributed by atoms with van der Waals surface area (Å²) < 4.78 is 20.7. The maximum atomic E-state index is 13.6. The number of pyridine rings is 3. The van der Waals surface area contributed by atoms with Crippen LogP contribution in [0.5, 0.6) is 5.75 Å². The van der Waals surface area contributed by atoms with Gasteiger partial charge in [0, 0.05) is 79.0 Å². The normalized spacial score (nSPS) is 17.9. The molecule has 2 atom stereocenters. The molecule has 2 N–H and O–H groups in total. The van der Waals surface area contributed by atoms with Gasteiger partial charge in [0.2, 0.25) is 0 Å². The molecular weight excluding hydrogens is 811 g/mol. The van der Waals surface area contributed by atoms with E-state index in [0.717, 1.165) is 65.7 Å². The van der Waals surface area contributed by atoms with Crippen molar-refractivity contribution in [3.05, 3.63) is 98.0 Å². The third-order valence-electron chi connectivity index (χ3n) is 10.4. The number of carbonyl (C=O) groups is 2. The zero-order valence-corrected chi connectivity index (χ0v) is 34.3. The van der Waals surface area contributed by atoms with Crippen molar-refractivity contribution < 1.29 is 28.7 Å². The highest BCUT2D eigenvalue weighted by Gasteiger charge is 2.40. The average Bonchev–Trinajstić information content (AvgIpc) is 3.96. The van der Waals surface area contributed by atoms with Crippen molar-refractivity contribution in [3.63, 3.8) is 0 Å². The highest BCUT2D eigenvalue weighted by atomic mass is 35.5. The molecule has 9 heterocycles. The molecule has 3 aliphatic heterocycles. The smallest absolute Gasteiger partial charge is 0.326 e. The zero-order chi connectivity index (χ0) is 40.7. The van der Waals surface area contributed by atoms with Crippen molar-refractivity contribution in [2.75, 3.05) is 50.9 Å². The first kappa shape index (κ1) is 39.8. The summed E-state index contributed by atoms with van der Waals surface area (Å²) in [5.74, 6) is 0.892. The number of rotatable bonds is 8. The van der Waals surface area contributed by atoms with Gasteiger partial charge in [-0.3, -0.25) is 14.9 Å². The number of carbonyl (C=O) groups excluding carboxylic acids is 1. The third kappa shape index (κ3) is 7.66. The number of carboxylic acids is 1. The molecule has 1 saturated heterocycles. The lowest BCUT2D eigenvalue weighted by molar-refractivity contribution is -0.140. The molecular formula is C39H41Cl3N10O6. The van der Waals surface area contributed by atoms with Crippen LogP contribution in [0.2, 0.25) is 15.2 Å². The fraction of sp³-hybridized carbons (Fsp3) is 0.410. The lowest BCUT2D eigenvalue weighted by Gasteiger charge is -2.33. The molecule has 1 amide bonds. The number of carboxylic acid groups (broad SMARTS) is 1. The van der Waals surface area contributed by atoms with E-state index in [1.165, 1.54) is 0 Å². The van der Waals surface area contributed by atoms with E-state index in [-0.39, 0.29) is 23.6 Å². The Balaban J connectivity index is 0.000000206. The van der Waals surface area contributed by atoms with Gasteiger partial charge in [-0.15, -0.1) is 0 Å². The monoisotopic (exact) mass is 850 g/mol. The van der Waals surface area contributed by atoms with Crippen LogP contribution in [0.3, 0.4) is 0 Å². The molecule has 3 aliphatic rings. The number of imidazole rings is 2. The Morgan fingerprint density at radius 3 is 2.47 bits per heavy atom. The summed E-state index contributed by atoms with van der Waals surface area (Å²) >= 11 is 18.8. The first-order valence-electron chi connectivity index (χ1n) is 19.1. The maximum absolute atomic E-state index is 13.6. The minimum atomic E-state index is -0.879. The Morgan fingerprint density at radius 1 is 0.966 bits per heavy atom. The van der Waals surface area contributed by atoms with E-state index in [9.17, 15) is 14.7 Å². The van der Waals surface area contributed by atoms with Crippen LogP contribution in [-0.2, 0) is 33.6 Å². The van der Waals surface area contributed by atoms with Crippen LogP contribution in [0.15, 0.2) is 47.2 Å². The predicted octanol–water partition coefficient (Wildman–Crippen LogP) is 5.75. The van der Waals surface area contributed by atoms with Gasteiger partial charge in [0.1, 0.15) is 23.2 Å². The lowest BCUT2D eigenvalue weighted by Crippen LogP contribution is -2.43. The number of amides is 1. The Bertz CT molecular complexity index is 2500. The zero-order valence-electron chi connectivity index (χ0n) is 32.0. The van der Waals surface area contributed by atoms with Crippen LogP contribution in [-0.4, -0.2) is 102 Å². The van der Waals surface area contributed by atoms with E-state index in [2.05, 4.69) is 30.3 Å². The number of anilines is 1. The SMILES string of the molecule is CC(C)c1noc(C2c3c(nc4cc(Cl)ccn34)CCN2C(=O)COc2ccc(N3CCOCC3)nc2Cl)n1.CCc1c(Cl)ccn2c3c(nc12)CCNC3C(=O)O. The molecule has 2 unspecified atom stereocenters. The predicted molar refractivity (Wildman–Crippen MR) is 215 cm³/mol. The number of nitrogens with one attached hydrogen (secondary N) is 1. The number of hydrogen-bond acceptors (Lipinski definition) is 12. The van der Waals surface area contributed by atoms with Gasteiger partial charge < -0.3 is 37.7 Å². The Hall–Kier alpha value is -5.00. The summed E-state index contributed by atoms with van der Waals surface area (Å²) in [4.78, 5) is 47.2. The van der Waals surface area contributed by atoms with Gasteiger partial charge in [0.05, 0.1) is 36.0 Å². The topological polar surface area (TPSA) is 178 Å². The van der Waals surface area contributed by atoms with Crippen LogP contribution in [0.4, 0.5) is 5.82 Å². The molecule has 0 bridgehead atoms. The molecule has 0 aliphatic carbocycles. The molecule has 0 aromatic carbocycles. The van der Waals surface area contributed by atoms with Crippen LogP contribution in [0, 0.1) is 0 Å². The van der Waals surface area contributed by atoms with Crippen molar-refractivity contribution in [1.82, 2.24) is 44.1 Å². The van der Waals surface area contributed by atoms with Gasteiger partial charge >= 0.3 is 5.97 Å². The number of aryl methyl sites for hydroxylation is 1. The van der Waals surface area contributed by atoms with E-state index in [1.54, 1.807) is 35.4 Å². The summed E-state index contributed by atoms with van der Waals surface area (Å²) in [5, 5.41) is 17.9. The second-order valence-electron chi connectivity index (χ2n) is 14.4. The van der Waals surface area contributed by atoms with E-state index in [1.807, 2.05) is 41.8 Å². The number of hydrogen-bond donors (Lipinski definition) is 2. The van der Waals surface area contributed by atoms with Crippen molar-refractivity contribution in [2.45, 2.75) is 58.0 Å². The molecule has 9 rings (SSSR count). The minimum absolute atomic E-state index is 0.0640. The van der Waals surface area contributed by atoms with Crippen LogP contribution < -0.4 is 15.0 Å². The van der Waals surface area contributed by atoms with Crippen molar-refractivity contribution in [2.24, 2.45) is 0 Å². The van der Waals surface area contributed by atoms with Gasteiger partial charge in [0.15, 0.2) is 29.4 Å². The molecule has 0 saturated carbocycles. The summed E-state index contributed by atoms with van der Waals surface area (Å²) in [6, 6.07) is 7.59. The molecule has 16 nitrogen and oxygen atoms in total. The molecule has 6 aromatic rings. The summed E-state index contributed by atoms with van der Waals surface area (Å²) in [6.07, 6.45) is 5.69. The van der Waals surface area contributed by atoms with E-state index < -0.39 is 18.1 Å².